The third-order valence-corrected chi connectivity index (χ3v) is 5.23. The number of nitrogens with one attached hydrogen (secondary N) is 2. The van der Waals surface area contributed by atoms with Gasteiger partial charge < -0.3 is 15.5 Å². The van der Waals surface area contributed by atoms with Crippen molar-refractivity contribution < 1.29 is 4.79 Å². The van der Waals surface area contributed by atoms with E-state index in [1.807, 2.05) is 19.1 Å². The summed E-state index contributed by atoms with van der Waals surface area (Å²) in [6.45, 7) is 15.2. The number of aryl methyl sites for hydroxylation is 1. The van der Waals surface area contributed by atoms with Crippen molar-refractivity contribution >= 4 is 17.7 Å². The molecule has 1 aromatic heterocycles. The lowest BCUT2D eigenvalue weighted by Gasteiger charge is -2.62. The summed E-state index contributed by atoms with van der Waals surface area (Å²) in [4.78, 5) is 23.3. The summed E-state index contributed by atoms with van der Waals surface area (Å²) in [6.07, 6.45) is 0.335. The van der Waals surface area contributed by atoms with Gasteiger partial charge in [-0.2, -0.15) is 0 Å². The van der Waals surface area contributed by atoms with Gasteiger partial charge in [-0.3, -0.25) is 9.79 Å². The average Bonchev–Trinajstić information content (AvgIpc) is 2.52. The van der Waals surface area contributed by atoms with Crippen molar-refractivity contribution in [3.05, 3.63) is 23.9 Å². The normalized spacial score (nSPS) is 18.5. The maximum atomic E-state index is 12.1. The molecule has 1 fully saturated rings. The second kappa shape index (κ2) is 7.42. The third-order valence-electron chi connectivity index (χ3n) is 5.23. The molecule has 2 rings (SSSR count). The van der Waals surface area contributed by atoms with E-state index < -0.39 is 0 Å². The highest BCUT2D eigenvalue weighted by molar-refractivity contribution is 5.90. The number of pyridine rings is 1. The standard InChI is InChI=1S/C19H31N5O/c1-7-20-17(24-13-18(3,4)19(24,5)6)21-12-11-16(25)23-15-10-8-9-14(2)22-15/h8-10H,7,11-13H2,1-6H3,(H,20,21)(H,22,23,25). The van der Waals surface area contributed by atoms with Gasteiger partial charge in [-0.15, -0.1) is 0 Å². The lowest BCUT2D eigenvalue weighted by molar-refractivity contribution is -0.116. The highest BCUT2D eigenvalue weighted by atomic mass is 16.1. The first kappa shape index (κ1) is 19.2. The van der Waals surface area contributed by atoms with Gasteiger partial charge >= 0.3 is 0 Å². The number of hydrogen-bond donors (Lipinski definition) is 2. The maximum Gasteiger partial charge on any atom is 0.227 e. The van der Waals surface area contributed by atoms with E-state index in [0.29, 0.717) is 18.8 Å². The van der Waals surface area contributed by atoms with Crippen LogP contribution in [0.3, 0.4) is 0 Å². The summed E-state index contributed by atoms with van der Waals surface area (Å²) in [5, 5.41) is 6.16. The van der Waals surface area contributed by atoms with Crippen LogP contribution < -0.4 is 10.6 Å². The average molecular weight is 345 g/mol. The minimum absolute atomic E-state index is 0.0434. The maximum absolute atomic E-state index is 12.1. The van der Waals surface area contributed by atoms with E-state index in [2.05, 4.69) is 60.1 Å². The van der Waals surface area contributed by atoms with Crippen molar-refractivity contribution in [1.29, 1.82) is 0 Å². The van der Waals surface area contributed by atoms with Gasteiger partial charge in [0.1, 0.15) is 5.82 Å². The minimum Gasteiger partial charge on any atom is -0.356 e. The molecule has 0 spiro atoms. The first-order valence-electron chi connectivity index (χ1n) is 8.97. The molecule has 0 radical (unpaired) electrons. The zero-order valence-corrected chi connectivity index (χ0v) is 16.3. The first-order valence-corrected chi connectivity index (χ1v) is 8.97. The van der Waals surface area contributed by atoms with Crippen LogP contribution in [0.5, 0.6) is 0 Å². The molecule has 1 saturated heterocycles. The number of likely N-dealkylation sites (tertiary alicyclic amines) is 1. The molecular formula is C19H31N5O. The molecule has 6 nitrogen and oxygen atoms in total. The lowest BCUT2D eigenvalue weighted by Crippen LogP contribution is -2.72. The molecule has 2 heterocycles. The van der Waals surface area contributed by atoms with E-state index in [9.17, 15) is 4.79 Å². The Morgan fingerprint density at radius 2 is 2.04 bits per heavy atom. The predicted molar refractivity (Wildman–Crippen MR) is 103 cm³/mol. The molecule has 1 aromatic rings. The Balaban J connectivity index is 1.92. The number of anilines is 1. The molecule has 138 valence electrons. The fourth-order valence-corrected chi connectivity index (χ4v) is 2.88. The third kappa shape index (κ3) is 4.30. The lowest BCUT2D eigenvalue weighted by atomic mass is 9.65. The van der Waals surface area contributed by atoms with E-state index in [1.54, 1.807) is 6.07 Å². The molecule has 1 amide bonds. The Hall–Kier alpha value is -2.11. The van der Waals surface area contributed by atoms with E-state index >= 15 is 0 Å². The number of hydrogen-bond acceptors (Lipinski definition) is 3. The van der Waals surface area contributed by atoms with Crippen LogP contribution in [0.2, 0.25) is 0 Å². The van der Waals surface area contributed by atoms with Crippen LogP contribution in [0.4, 0.5) is 5.82 Å². The van der Waals surface area contributed by atoms with Crippen molar-refractivity contribution in [2.75, 3.05) is 25.0 Å². The summed E-state index contributed by atoms with van der Waals surface area (Å²) >= 11 is 0. The molecule has 0 saturated carbocycles. The smallest absolute Gasteiger partial charge is 0.227 e. The summed E-state index contributed by atoms with van der Waals surface area (Å²) in [7, 11) is 0. The monoisotopic (exact) mass is 345 g/mol. The number of carbonyl (C=O) groups excluding carboxylic acids is 1. The van der Waals surface area contributed by atoms with E-state index in [-0.39, 0.29) is 16.9 Å². The predicted octanol–water partition coefficient (Wildman–Crippen LogP) is 2.80. The molecule has 2 N–H and O–H groups in total. The van der Waals surface area contributed by atoms with Crippen LogP contribution in [-0.4, -0.2) is 46.9 Å². The Bertz CT molecular complexity index is 651. The number of rotatable bonds is 5. The largest absolute Gasteiger partial charge is 0.356 e. The first-order chi connectivity index (χ1) is 11.7. The quantitative estimate of drug-likeness (QED) is 0.636. The van der Waals surface area contributed by atoms with Gasteiger partial charge in [0, 0.05) is 36.2 Å². The van der Waals surface area contributed by atoms with Gasteiger partial charge in [0.2, 0.25) is 5.91 Å². The number of guanidine groups is 1. The van der Waals surface area contributed by atoms with Crippen molar-refractivity contribution in [1.82, 2.24) is 15.2 Å². The summed E-state index contributed by atoms with van der Waals surface area (Å²) in [6, 6.07) is 5.58. The molecule has 0 atom stereocenters. The molecule has 0 aromatic carbocycles. The van der Waals surface area contributed by atoms with Crippen LogP contribution in [-0.2, 0) is 4.79 Å². The molecule has 0 aliphatic carbocycles. The number of amides is 1. The van der Waals surface area contributed by atoms with Crippen molar-refractivity contribution in [3.63, 3.8) is 0 Å². The van der Waals surface area contributed by atoms with E-state index in [1.165, 1.54) is 0 Å². The van der Waals surface area contributed by atoms with Gasteiger partial charge in [-0.1, -0.05) is 19.9 Å². The molecule has 1 aliphatic rings. The summed E-state index contributed by atoms with van der Waals surface area (Å²) in [5.41, 5.74) is 1.17. The Morgan fingerprint density at radius 1 is 1.32 bits per heavy atom. The van der Waals surface area contributed by atoms with Crippen LogP contribution >= 0.6 is 0 Å². The summed E-state index contributed by atoms with van der Waals surface area (Å²) in [5.74, 6) is 1.40. The molecular weight excluding hydrogens is 314 g/mol. The second-order valence-electron chi connectivity index (χ2n) is 7.73. The van der Waals surface area contributed by atoms with Crippen molar-refractivity contribution in [2.24, 2.45) is 10.4 Å². The molecule has 6 heteroatoms. The van der Waals surface area contributed by atoms with Crippen LogP contribution in [0.15, 0.2) is 23.2 Å². The second-order valence-corrected chi connectivity index (χ2v) is 7.73. The summed E-state index contributed by atoms with van der Waals surface area (Å²) < 4.78 is 0. The van der Waals surface area contributed by atoms with E-state index in [4.69, 9.17) is 0 Å². The highest BCUT2D eigenvalue weighted by Crippen LogP contribution is 2.46. The van der Waals surface area contributed by atoms with Gasteiger partial charge in [0.15, 0.2) is 5.96 Å². The molecule has 25 heavy (non-hydrogen) atoms. The van der Waals surface area contributed by atoms with Crippen molar-refractivity contribution in [3.8, 4) is 0 Å². The Labute approximate surface area is 151 Å². The zero-order valence-electron chi connectivity index (χ0n) is 16.3. The Kier molecular flexibility index (Phi) is 5.70. The number of aromatic nitrogens is 1. The van der Waals surface area contributed by atoms with Crippen LogP contribution in [0.25, 0.3) is 0 Å². The highest BCUT2D eigenvalue weighted by Gasteiger charge is 2.53. The zero-order chi connectivity index (χ0) is 18.7. The molecule has 1 aliphatic heterocycles. The number of aliphatic imine (C=N–C) groups is 1. The fraction of sp³-hybridized carbons (Fsp3) is 0.632. The van der Waals surface area contributed by atoms with Gasteiger partial charge in [-0.05, 0) is 39.8 Å². The van der Waals surface area contributed by atoms with Gasteiger partial charge in [-0.25, -0.2) is 4.98 Å². The molecule has 0 unspecified atom stereocenters. The van der Waals surface area contributed by atoms with Crippen LogP contribution in [0, 0.1) is 12.3 Å². The van der Waals surface area contributed by atoms with E-state index in [0.717, 1.165) is 24.7 Å². The van der Waals surface area contributed by atoms with Gasteiger partial charge in [0.05, 0.1) is 6.54 Å². The van der Waals surface area contributed by atoms with Gasteiger partial charge in [0.25, 0.3) is 0 Å². The molecule has 0 bridgehead atoms. The van der Waals surface area contributed by atoms with Crippen LogP contribution in [0.1, 0.15) is 46.7 Å². The number of nitrogens with zero attached hydrogens (tertiary/aromatic N) is 3. The number of carbonyl (C=O) groups is 1. The van der Waals surface area contributed by atoms with Crippen molar-refractivity contribution in [2.45, 2.75) is 53.5 Å². The Morgan fingerprint density at radius 3 is 2.60 bits per heavy atom. The SMILES string of the molecule is CCNC(=NCCC(=O)Nc1cccc(C)n1)N1CC(C)(C)C1(C)C. The minimum atomic E-state index is -0.0686. The fourth-order valence-electron chi connectivity index (χ4n) is 2.88. The topological polar surface area (TPSA) is 69.6 Å².